The van der Waals surface area contributed by atoms with Crippen LogP contribution in [0.5, 0.6) is 0 Å². The predicted octanol–water partition coefficient (Wildman–Crippen LogP) is 3.43. The Labute approximate surface area is 151 Å². The molecule has 1 heterocycles. The summed E-state index contributed by atoms with van der Waals surface area (Å²) in [5.74, 6) is 0.365. The van der Waals surface area contributed by atoms with Crippen LogP contribution in [-0.2, 0) is 11.3 Å². The fourth-order valence-corrected chi connectivity index (χ4v) is 3.44. The molecule has 2 rings (SSSR count). The van der Waals surface area contributed by atoms with Gasteiger partial charge in [0.15, 0.2) is 0 Å². The Balaban J connectivity index is 2.02. The van der Waals surface area contributed by atoms with Crippen LogP contribution in [0.1, 0.15) is 41.0 Å². The highest BCUT2D eigenvalue weighted by atomic mass is 79.9. The van der Waals surface area contributed by atoms with Crippen LogP contribution in [0.2, 0.25) is 0 Å². The number of carbonyl (C=O) groups excluding carboxylic acids is 1. The molecule has 0 fully saturated rings. The maximum atomic E-state index is 12.3. The molecule has 0 bridgehead atoms. The van der Waals surface area contributed by atoms with Gasteiger partial charge in [-0.1, -0.05) is 48.8 Å². The van der Waals surface area contributed by atoms with Gasteiger partial charge in [0.05, 0.1) is 0 Å². The topological polar surface area (TPSA) is 72.7 Å². The van der Waals surface area contributed by atoms with Gasteiger partial charge in [0, 0.05) is 15.6 Å². The second-order valence-corrected chi connectivity index (χ2v) is 8.65. The number of carbonyl (C=O) groups is 1. The molecule has 130 valence electrons. The molecular weight excluding hydrogens is 370 g/mol. The van der Waals surface area contributed by atoms with Crippen LogP contribution in [0, 0.1) is 5.41 Å². The molecule has 6 nitrogen and oxygen atoms in total. The van der Waals surface area contributed by atoms with E-state index >= 15 is 0 Å². The van der Waals surface area contributed by atoms with E-state index in [0.717, 1.165) is 16.5 Å². The molecule has 0 atom stereocenters. The number of benzene rings is 1. The molecule has 0 radical (unpaired) electrons. The lowest BCUT2D eigenvalue weighted by atomic mass is 9.82. The molecule has 0 aliphatic carbocycles. The van der Waals surface area contributed by atoms with Crippen molar-refractivity contribution in [3.8, 4) is 11.4 Å². The van der Waals surface area contributed by atoms with Gasteiger partial charge in [0.2, 0.25) is 11.7 Å². The summed E-state index contributed by atoms with van der Waals surface area (Å²) in [7, 11) is 0. The van der Waals surface area contributed by atoms with Crippen molar-refractivity contribution in [2.45, 2.75) is 53.1 Å². The van der Waals surface area contributed by atoms with Crippen LogP contribution in [0.15, 0.2) is 28.7 Å². The molecule has 0 unspecified atom stereocenters. The third-order valence-electron chi connectivity index (χ3n) is 3.30. The quantitative estimate of drug-likeness (QED) is 0.843. The SMILES string of the molecule is CC(C)(C)CC(C)(C)NC(=O)Cn1nnc(-c2ccccc2Br)n1. The van der Waals surface area contributed by atoms with Crippen LogP contribution in [-0.4, -0.2) is 31.7 Å². The molecular formula is C17H24BrN5O. The summed E-state index contributed by atoms with van der Waals surface area (Å²) in [4.78, 5) is 13.6. The average molecular weight is 394 g/mol. The number of tetrazole rings is 1. The highest BCUT2D eigenvalue weighted by molar-refractivity contribution is 9.10. The summed E-state index contributed by atoms with van der Waals surface area (Å²) in [5.41, 5.74) is 0.688. The summed E-state index contributed by atoms with van der Waals surface area (Å²) >= 11 is 3.46. The van der Waals surface area contributed by atoms with Crippen molar-refractivity contribution >= 4 is 21.8 Å². The third kappa shape index (κ3) is 5.40. The molecule has 0 aliphatic heterocycles. The Kier molecular flexibility index (Phi) is 5.42. The van der Waals surface area contributed by atoms with Crippen molar-refractivity contribution in [1.29, 1.82) is 0 Å². The van der Waals surface area contributed by atoms with Crippen molar-refractivity contribution in [1.82, 2.24) is 25.5 Å². The maximum Gasteiger partial charge on any atom is 0.244 e. The van der Waals surface area contributed by atoms with Crippen LogP contribution in [0.4, 0.5) is 0 Å². The van der Waals surface area contributed by atoms with Gasteiger partial charge in [-0.25, -0.2) is 0 Å². The molecule has 0 aliphatic rings. The van der Waals surface area contributed by atoms with Crippen molar-refractivity contribution in [2.75, 3.05) is 0 Å². The molecule has 2 aromatic rings. The van der Waals surface area contributed by atoms with Gasteiger partial charge < -0.3 is 5.32 Å². The minimum atomic E-state index is -0.290. The first-order valence-electron chi connectivity index (χ1n) is 7.89. The number of aromatic nitrogens is 4. The average Bonchev–Trinajstić information content (AvgIpc) is 2.83. The minimum Gasteiger partial charge on any atom is -0.350 e. The Bertz CT molecular complexity index is 718. The highest BCUT2D eigenvalue weighted by Crippen LogP contribution is 2.27. The number of rotatable bonds is 5. The standard InChI is InChI=1S/C17H24BrN5O/c1-16(2,3)11-17(4,5)19-14(24)10-23-21-15(20-22-23)12-8-6-7-9-13(12)18/h6-9H,10-11H2,1-5H3,(H,19,24). The summed E-state index contributed by atoms with van der Waals surface area (Å²) in [6, 6.07) is 7.64. The van der Waals surface area contributed by atoms with Crippen molar-refractivity contribution < 1.29 is 4.79 Å². The van der Waals surface area contributed by atoms with E-state index in [1.54, 1.807) is 0 Å². The summed E-state index contributed by atoms with van der Waals surface area (Å²) in [5, 5.41) is 15.3. The van der Waals surface area contributed by atoms with Crippen molar-refractivity contribution in [2.24, 2.45) is 5.41 Å². The number of nitrogens with zero attached hydrogens (tertiary/aromatic N) is 4. The number of amides is 1. The summed E-state index contributed by atoms with van der Waals surface area (Å²) in [6.45, 7) is 10.6. The predicted molar refractivity (Wildman–Crippen MR) is 97.2 cm³/mol. The zero-order valence-corrected chi connectivity index (χ0v) is 16.4. The molecule has 1 aromatic heterocycles. The highest BCUT2D eigenvalue weighted by Gasteiger charge is 2.27. The van der Waals surface area contributed by atoms with Gasteiger partial charge in [-0.15, -0.1) is 10.2 Å². The van der Waals surface area contributed by atoms with E-state index in [1.807, 2.05) is 38.1 Å². The number of halogens is 1. The molecule has 24 heavy (non-hydrogen) atoms. The Hall–Kier alpha value is -1.76. The van der Waals surface area contributed by atoms with Crippen LogP contribution < -0.4 is 5.32 Å². The van der Waals surface area contributed by atoms with Gasteiger partial charge in [0.1, 0.15) is 6.54 Å². The van der Waals surface area contributed by atoms with Crippen LogP contribution >= 0.6 is 15.9 Å². The molecule has 1 amide bonds. The summed E-state index contributed by atoms with van der Waals surface area (Å²) in [6.07, 6.45) is 0.874. The fourth-order valence-electron chi connectivity index (χ4n) is 2.98. The fraction of sp³-hybridized carbons (Fsp3) is 0.529. The maximum absolute atomic E-state index is 12.3. The molecule has 7 heteroatoms. The third-order valence-corrected chi connectivity index (χ3v) is 3.99. The lowest BCUT2D eigenvalue weighted by Crippen LogP contribution is -2.47. The number of hydrogen-bond acceptors (Lipinski definition) is 4. The lowest BCUT2D eigenvalue weighted by Gasteiger charge is -2.33. The van der Waals surface area contributed by atoms with Gasteiger partial charge in [-0.2, -0.15) is 4.80 Å². The second kappa shape index (κ2) is 7.01. The first-order chi connectivity index (χ1) is 11.1. The van der Waals surface area contributed by atoms with Crippen molar-refractivity contribution in [3.63, 3.8) is 0 Å². The Morgan fingerprint density at radius 3 is 2.50 bits per heavy atom. The van der Waals surface area contributed by atoms with Crippen molar-refractivity contribution in [3.05, 3.63) is 28.7 Å². The molecule has 0 saturated carbocycles. The van der Waals surface area contributed by atoms with E-state index in [9.17, 15) is 4.79 Å². The Morgan fingerprint density at radius 1 is 1.21 bits per heavy atom. The molecule has 1 N–H and O–H groups in total. The van der Waals surface area contributed by atoms with E-state index in [4.69, 9.17) is 0 Å². The van der Waals surface area contributed by atoms with E-state index in [-0.39, 0.29) is 23.4 Å². The van der Waals surface area contributed by atoms with Crippen LogP contribution in [0.25, 0.3) is 11.4 Å². The van der Waals surface area contributed by atoms with Gasteiger partial charge in [-0.05, 0) is 43.0 Å². The zero-order chi connectivity index (χ0) is 18.0. The van der Waals surface area contributed by atoms with Gasteiger partial charge in [0.25, 0.3) is 0 Å². The van der Waals surface area contributed by atoms with E-state index in [0.29, 0.717) is 5.82 Å². The van der Waals surface area contributed by atoms with Gasteiger partial charge >= 0.3 is 0 Å². The van der Waals surface area contributed by atoms with E-state index in [2.05, 4.69) is 57.4 Å². The molecule has 0 spiro atoms. The number of hydrogen-bond donors (Lipinski definition) is 1. The van der Waals surface area contributed by atoms with E-state index < -0.39 is 0 Å². The first-order valence-corrected chi connectivity index (χ1v) is 8.69. The van der Waals surface area contributed by atoms with Gasteiger partial charge in [-0.3, -0.25) is 4.79 Å². The normalized spacial score (nSPS) is 12.2. The summed E-state index contributed by atoms with van der Waals surface area (Å²) < 4.78 is 0.889. The smallest absolute Gasteiger partial charge is 0.244 e. The van der Waals surface area contributed by atoms with E-state index in [1.165, 1.54) is 4.80 Å². The zero-order valence-electron chi connectivity index (χ0n) is 14.8. The Morgan fingerprint density at radius 2 is 1.88 bits per heavy atom. The van der Waals surface area contributed by atoms with Crippen LogP contribution in [0.3, 0.4) is 0 Å². The molecule has 0 saturated heterocycles. The largest absolute Gasteiger partial charge is 0.350 e. The lowest BCUT2D eigenvalue weighted by molar-refractivity contribution is -0.124. The molecule has 1 aromatic carbocycles. The minimum absolute atomic E-state index is 0.0467. The monoisotopic (exact) mass is 393 g/mol. The number of nitrogens with one attached hydrogen (secondary N) is 1. The second-order valence-electron chi connectivity index (χ2n) is 7.79. The first kappa shape index (κ1) is 18.6.